The van der Waals surface area contributed by atoms with Crippen LogP contribution in [-0.2, 0) is 4.74 Å². The number of morpholine rings is 1. The number of hydrogen-bond acceptors (Lipinski definition) is 6. The van der Waals surface area contributed by atoms with Gasteiger partial charge >= 0.3 is 5.84 Å². The van der Waals surface area contributed by atoms with E-state index in [0.717, 1.165) is 32.8 Å². The molecule has 1 fully saturated rings. The molecule has 2 aromatic heterocycles. The first-order valence-electron chi connectivity index (χ1n) is 9.07. The molecule has 9 heteroatoms. The summed E-state index contributed by atoms with van der Waals surface area (Å²) in [5.74, 6) is 0.742. The van der Waals surface area contributed by atoms with Gasteiger partial charge in [0.15, 0.2) is 5.82 Å². The van der Waals surface area contributed by atoms with E-state index < -0.39 is 0 Å². The van der Waals surface area contributed by atoms with E-state index in [0.29, 0.717) is 23.9 Å². The van der Waals surface area contributed by atoms with Gasteiger partial charge in [-0.05, 0) is 6.92 Å². The number of fused-ring (bicyclic) bond motifs is 1. The molecule has 0 saturated carbocycles. The topological polar surface area (TPSA) is 84.9 Å². The molecule has 2 unspecified atom stereocenters. The number of aryl methyl sites for hydroxylation is 1. The van der Waals surface area contributed by atoms with E-state index in [-0.39, 0.29) is 23.0 Å². The van der Waals surface area contributed by atoms with Gasteiger partial charge in [0, 0.05) is 26.2 Å². The summed E-state index contributed by atoms with van der Waals surface area (Å²) in [5, 5.41) is 7.18. The number of allylic oxidation sites excluding steroid dienone is 4. The first kappa shape index (κ1) is 18.2. The molecule has 27 heavy (non-hydrogen) atoms. The molecule has 1 amide bonds. The van der Waals surface area contributed by atoms with Gasteiger partial charge in [-0.1, -0.05) is 24.3 Å². The normalized spacial score (nSPS) is 23.2. The zero-order chi connectivity index (χ0) is 18.8. The van der Waals surface area contributed by atoms with Crippen molar-refractivity contribution < 1.29 is 13.9 Å². The van der Waals surface area contributed by atoms with Crippen molar-refractivity contribution in [2.24, 2.45) is 0 Å². The van der Waals surface area contributed by atoms with E-state index in [2.05, 4.69) is 20.3 Å². The summed E-state index contributed by atoms with van der Waals surface area (Å²) in [6.45, 7) is 6.39. The standard InChI is InChI=1S/C18H22ClN5O3/c1-12-15(17(25)20-6-7-23-8-10-26-11-9-23)27-18-21-16(22-24(12)18)13-4-2-3-5-14(13)19/h2-5,13-14H,6-11H2,1H3,(H,20,25). The number of carbonyl (C=O) groups excluding carboxylic acids is 1. The van der Waals surface area contributed by atoms with Crippen LogP contribution in [0.25, 0.3) is 5.84 Å². The molecule has 2 atom stereocenters. The van der Waals surface area contributed by atoms with Crippen LogP contribution in [0.5, 0.6) is 0 Å². The lowest BCUT2D eigenvalue weighted by molar-refractivity contribution is 0.0382. The van der Waals surface area contributed by atoms with E-state index in [4.69, 9.17) is 20.8 Å². The Morgan fingerprint density at radius 3 is 2.85 bits per heavy atom. The third-order valence-corrected chi connectivity index (χ3v) is 5.24. The minimum Gasteiger partial charge on any atom is -0.416 e. The second-order valence-electron chi connectivity index (χ2n) is 6.63. The predicted octanol–water partition coefficient (Wildman–Crippen LogP) is 1.51. The Kier molecular flexibility index (Phi) is 5.29. The summed E-state index contributed by atoms with van der Waals surface area (Å²) in [5.41, 5.74) is 0.620. The number of nitrogens with zero attached hydrogens (tertiary/aromatic N) is 4. The van der Waals surface area contributed by atoms with Crippen molar-refractivity contribution in [3.8, 4) is 0 Å². The Morgan fingerprint density at radius 2 is 2.11 bits per heavy atom. The fraction of sp³-hybridized carbons (Fsp3) is 0.500. The van der Waals surface area contributed by atoms with E-state index in [1.807, 2.05) is 24.3 Å². The molecule has 0 bridgehead atoms. The molecule has 0 radical (unpaired) electrons. The maximum absolute atomic E-state index is 12.5. The van der Waals surface area contributed by atoms with Crippen molar-refractivity contribution in [2.45, 2.75) is 18.2 Å². The number of hydrogen-bond donors (Lipinski definition) is 1. The third-order valence-electron chi connectivity index (χ3n) is 4.82. The largest absolute Gasteiger partial charge is 0.416 e. The van der Waals surface area contributed by atoms with Crippen LogP contribution in [0, 0.1) is 6.92 Å². The molecule has 0 aromatic carbocycles. The highest BCUT2D eigenvalue weighted by Gasteiger charge is 2.26. The van der Waals surface area contributed by atoms with Crippen LogP contribution in [-0.4, -0.2) is 70.2 Å². The Balaban J connectivity index is 1.42. The average Bonchev–Trinajstić information content (AvgIpc) is 3.22. The lowest BCUT2D eigenvalue weighted by atomic mass is 10.00. The van der Waals surface area contributed by atoms with Crippen LogP contribution in [0.3, 0.4) is 0 Å². The van der Waals surface area contributed by atoms with E-state index >= 15 is 0 Å². The number of oxazole rings is 1. The highest BCUT2D eigenvalue weighted by molar-refractivity contribution is 6.22. The Labute approximate surface area is 161 Å². The molecule has 4 rings (SSSR count). The van der Waals surface area contributed by atoms with Gasteiger partial charge in [-0.3, -0.25) is 9.69 Å². The van der Waals surface area contributed by atoms with Crippen molar-refractivity contribution in [1.82, 2.24) is 24.8 Å². The molecule has 3 heterocycles. The molecule has 1 saturated heterocycles. The summed E-state index contributed by atoms with van der Waals surface area (Å²) in [7, 11) is 0. The van der Waals surface area contributed by atoms with Gasteiger partial charge in [0.05, 0.1) is 30.2 Å². The van der Waals surface area contributed by atoms with E-state index in [9.17, 15) is 4.79 Å². The maximum Gasteiger partial charge on any atom is 0.325 e. The molecule has 1 aliphatic carbocycles. The maximum atomic E-state index is 12.5. The minimum atomic E-state index is -0.259. The predicted molar refractivity (Wildman–Crippen MR) is 100 cm³/mol. The van der Waals surface area contributed by atoms with Crippen molar-refractivity contribution in [2.75, 3.05) is 39.4 Å². The summed E-state index contributed by atoms with van der Waals surface area (Å²) < 4.78 is 12.5. The molecule has 0 spiro atoms. The van der Waals surface area contributed by atoms with E-state index in [1.54, 1.807) is 11.4 Å². The minimum absolute atomic E-state index is 0.114. The summed E-state index contributed by atoms with van der Waals surface area (Å²) >= 11 is 6.32. The van der Waals surface area contributed by atoms with Crippen LogP contribution in [0.4, 0.5) is 0 Å². The van der Waals surface area contributed by atoms with Crippen molar-refractivity contribution >= 4 is 23.4 Å². The summed E-state index contributed by atoms with van der Waals surface area (Å²) in [6, 6.07) is 0. The summed E-state index contributed by atoms with van der Waals surface area (Å²) in [4.78, 5) is 19.1. The van der Waals surface area contributed by atoms with Gasteiger partial charge < -0.3 is 14.5 Å². The van der Waals surface area contributed by atoms with Crippen molar-refractivity contribution in [3.63, 3.8) is 0 Å². The monoisotopic (exact) mass is 391 g/mol. The zero-order valence-corrected chi connectivity index (χ0v) is 15.9. The Morgan fingerprint density at radius 1 is 1.33 bits per heavy atom. The van der Waals surface area contributed by atoms with Gasteiger partial charge in [-0.25, -0.2) is 0 Å². The highest BCUT2D eigenvalue weighted by Crippen LogP contribution is 2.28. The first-order chi connectivity index (χ1) is 13.1. The average molecular weight is 392 g/mol. The van der Waals surface area contributed by atoms with E-state index in [1.165, 1.54) is 0 Å². The third kappa shape index (κ3) is 3.78. The number of amides is 1. The van der Waals surface area contributed by atoms with Gasteiger partial charge in [0.25, 0.3) is 5.91 Å². The zero-order valence-electron chi connectivity index (χ0n) is 15.1. The van der Waals surface area contributed by atoms with Crippen molar-refractivity contribution in [1.29, 1.82) is 0 Å². The smallest absolute Gasteiger partial charge is 0.325 e. The van der Waals surface area contributed by atoms with Crippen LogP contribution in [0.15, 0.2) is 28.7 Å². The van der Waals surface area contributed by atoms with Crippen LogP contribution in [0.2, 0.25) is 0 Å². The number of halogens is 1. The second kappa shape index (κ2) is 7.84. The number of alkyl halides is 1. The van der Waals surface area contributed by atoms with Crippen molar-refractivity contribution in [3.05, 3.63) is 41.6 Å². The SMILES string of the molecule is Cc1c(C(=O)NCCN2CCOCC2)oc2nc(C3C=CC=CC3Cl)nn12. The van der Waals surface area contributed by atoms with Gasteiger partial charge in [0.1, 0.15) is 0 Å². The van der Waals surface area contributed by atoms with Crippen LogP contribution >= 0.6 is 11.6 Å². The molecular formula is C18H22ClN5O3. The summed E-state index contributed by atoms with van der Waals surface area (Å²) in [6.07, 6.45) is 7.68. The fourth-order valence-corrected chi connectivity index (χ4v) is 3.53. The van der Waals surface area contributed by atoms with Gasteiger partial charge in [-0.2, -0.15) is 9.50 Å². The Bertz CT molecular complexity index is 881. The molecule has 144 valence electrons. The molecule has 8 nitrogen and oxygen atoms in total. The number of rotatable bonds is 5. The van der Waals surface area contributed by atoms with Gasteiger partial charge in [-0.15, -0.1) is 16.7 Å². The van der Waals surface area contributed by atoms with Crippen LogP contribution < -0.4 is 5.32 Å². The molecule has 2 aromatic rings. The number of nitrogens with one attached hydrogen (secondary N) is 1. The molecule has 1 N–H and O–H groups in total. The lowest BCUT2D eigenvalue weighted by Gasteiger charge is -2.26. The Hall–Kier alpha value is -2.16. The second-order valence-corrected chi connectivity index (χ2v) is 7.13. The van der Waals surface area contributed by atoms with Gasteiger partial charge in [0.2, 0.25) is 5.76 Å². The van der Waals surface area contributed by atoms with Crippen LogP contribution in [0.1, 0.15) is 28.0 Å². The molecular weight excluding hydrogens is 370 g/mol. The molecule has 1 aliphatic heterocycles. The number of carbonyl (C=O) groups is 1. The number of ether oxygens (including phenoxy) is 1. The number of aromatic nitrogens is 3. The first-order valence-corrected chi connectivity index (χ1v) is 9.50. The fourth-order valence-electron chi connectivity index (χ4n) is 3.25. The quantitative estimate of drug-likeness (QED) is 0.778. The highest BCUT2D eigenvalue weighted by atomic mass is 35.5. The lowest BCUT2D eigenvalue weighted by Crippen LogP contribution is -2.41. The molecule has 2 aliphatic rings.